The molecule has 20 heavy (non-hydrogen) atoms. The molecule has 0 spiro atoms. The summed E-state index contributed by atoms with van der Waals surface area (Å²) in [6.07, 6.45) is 4.56. The van der Waals surface area contributed by atoms with Crippen LogP contribution in [0.5, 0.6) is 0 Å². The van der Waals surface area contributed by atoms with Gasteiger partial charge in [0.25, 0.3) is 0 Å². The lowest BCUT2D eigenvalue weighted by atomic mass is 9.79. The summed E-state index contributed by atoms with van der Waals surface area (Å²) in [6, 6.07) is 5.71. The number of anilines is 1. The first-order chi connectivity index (χ1) is 9.75. The fourth-order valence-electron chi connectivity index (χ4n) is 3.56. The Balaban J connectivity index is 1.86. The number of nitrogens with two attached hydrogens (primary N) is 1. The van der Waals surface area contributed by atoms with Crippen molar-refractivity contribution in [3.8, 4) is 0 Å². The van der Waals surface area contributed by atoms with Gasteiger partial charge in [-0.2, -0.15) is 0 Å². The minimum atomic E-state index is -0.121. The van der Waals surface area contributed by atoms with Gasteiger partial charge in [0, 0.05) is 25.0 Å². The van der Waals surface area contributed by atoms with Gasteiger partial charge in [-0.3, -0.25) is 0 Å². The second-order valence-electron chi connectivity index (χ2n) is 5.96. The van der Waals surface area contributed by atoms with Crippen molar-refractivity contribution in [2.24, 2.45) is 5.73 Å². The van der Waals surface area contributed by atoms with Crippen LogP contribution in [0.3, 0.4) is 0 Å². The standard InChI is InChI=1S/C16H23FN2O/c17-14-11-13(16(12-18)5-1-2-6-16)3-4-15(14)19-7-9-20-10-8-19/h3-4,11H,1-2,5-10,12,18H2. The molecule has 0 bridgehead atoms. The highest BCUT2D eigenvalue weighted by Crippen LogP contribution is 2.41. The molecule has 4 heteroatoms. The van der Waals surface area contributed by atoms with Crippen LogP contribution >= 0.6 is 0 Å². The Bertz CT molecular complexity index is 466. The zero-order valence-electron chi connectivity index (χ0n) is 11.9. The Labute approximate surface area is 119 Å². The Kier molecular flexibility index (Phi) is 3.94. The van der Waals surface area contributed by atoms with Gasteiger partial charge in [-0.05, 0) is 30.5 Å². The van der Waals surface area contributed by atoms with E-state index >= 15 is 0 Å². The SMILES string of the molecule is NCC1(c2ccc(N3CCOCC3)c(F)c2)CCCC1. The van der Waals surface area contributed by atoms with Crippen molar-refractivity contribution in [3.63, 3.8) is 0 Å². The van der Waals surface area contributed by atoms with E-state index in [-0.39, 0.29) is 11.2 Å². The number of halogens is 1. The molecule has 1 aliphatic carbocycles. The topological polar surface area (TPSA) is 38.5 Å². The van der Waals surface area contributed by atoms with Crippen LogP contribution in [0.4, 0.5) is 10.1 Å². The molecule has 3 rings (SSSR count). The molecular formula is C16H23FN2O. The lowest BCUT2D eigenvalue weighted by molar-refractivity contribution is 0.122. The maximum atomic E-state index is 14.5. The normalized spacial score (nSPS) is 22.2. The number of nitrogens with zero attached hydrogens (tertiary/aromatic N) is 1. The van der Waals surface area contributed by atoms with Crippen molar-refractivity contribution < 1.29 is 9.13 Å². The molecule has 1 saturated carbocycles. The molecule has 2 aliphatic rings. The summed E-state index contributed by atoms with van der Waals surface area (Å²) in [5, 5.41) is 0. The van der Waals surface area contributed by atoms with Crippen molar-refractivity contribution >= 4 is 5.69 Å². The first kappa shape index (κ1) is 13.8. The van der Waals surface area contributed by atoms with Crippen LogP contribution in [-0.4, -0.2) is 32.8 Å². The lowest BCUT2D eigenvalue weighted by Gasteiger charge is -2.31. The van der Waals surface area contributed by atoms with Crippen LogP contribution in [0, 0.1) is 5.82 Å². The molecule has 3 nitrogen and oxygen atoms in total. The van der Waals surface area contributed by atoms with Crippen molar-refractivity contribution in [2.45, 2.75) is 31.1 Å². The highest BCUT2D eigenvalue weighted by atomic mass is 19.1. The van der Waals surface area contributed by atoms with Gasteiger partial charge in [0.2, 0.25) is 0 Å². The van der Waals surface area contributed by atoms with E-state index < -0.39 is 0 Å². The molecule has 1 aromatic carbocycles. The zero-order valence-corrected chi connectivity index (χ0v) is 11.9. The van der Waals surface area contributed by atoms with Crippen LogP contribution < -0.4 is 10.6 Å². The second kappa shape index (κ2) is 5.70. The number of hydrogen-bond donors (Lipinski definition) is 1. The minimum absolute atomic E-state index is 0.00434. The van der Waals surface area contributed by atoms with E-state index in [4.69, 9.17) is 10.5 Å². The number of ether oxygens (including phenoxy) is 1. The summed E-state index contributed by atoms with van der Waals surface area (Å²) in [6.45, 7) is 3.49. The number of morpholine rings is 1. The predicted molar refractivity (Wildman–Crippen MR) is 78.6 cm³/mol. The molecule has 2 fully saturated rings. The Hall–Kier alpha value is -1.13. The molecule has 0 radical (unpaired) electrons. The van der Waals surface area contributed by atoms with E-state index in [9.17, 15) is 4.39 Å². The van der Waals surface area contributed by atoms with Crippen LogP contribution in [0.2, 0.25) is 0 Å². The van der Waals surface area contributed by atoms with Gasteiger partial charge in [-0.15, -0.1) is 0 Å². The molecule has 1 aliphatic heterocycles. The summed E-state index contributed by atoms with van der Waals surface area (Å²) in [7, 11) is 0. The van der Waals surface area contributed by atoms with Crippen molar-refractivity contribution in [1.29, 1.82) is 0 Å². The van der Waals surface area contributed by atoms with Gasteiger partial charge in [0.1, 0.15) is 5.82 Å². The predicted octanol–water partition coefficient (Wildman–Crippen LogP) is 2.43. The summed E-state index contributed by atoms with van der Waals surface area (Å²) >= 11 is 0. The maximum Gasteiger partial charge on any atom is 0.146 e. The van der Waals surface area contributed by atoms with Crippen LogP contribution in [0.15, 0.2) is 18.2 Å². The molecule has 1 aromatic rings. The van der Waals surface area contributed by atoms with Crippen molar-refractivity contribution in [1.82, 2.24) is 0 Å². The number of benzene rings is 1. The van der Waals surface area contributed by atoms with Gasteiger partial charge < -0.3 is 15.4 Å². The first-order valence-corrected chi connectivity index (χ1v) is 7.58. The summed E-state index contributed by atoms with van der Waals surface area (Å²) < 4.78 is 19.8. The average Bonchev–Trinajstić information content (AvgIpc) is 2.98. The maximum absolute atomic E-state index is 14.5. The van der Waals surface area contributed by atoms with E-state index in [1.54, 1.807) is 6.07 Å². The van der Waals surface area contributed by atoms with Crippen LogP contribution in [0.25, 0.3) is 0 Å². The van der Waals surface area contributed by atoms with E-state index in [0.717, 1.165) is 31.5 Å². The number of hydrogen-bond acceptors (Lipinski definition) is 3. The monoisotopic (exact) mass is 278 g/mol. The summed E-state index contributed by atoms with van der Waals surface area (Å²) in [4.78, 5) is 2.06. The second-order valence-corrected chi connectivity index (χ2v) is 5.96. The smallest absolute Gasteiger partial charge is 0.146 e. The van der Waals surface area contributed by atoms with Crippen molar-refractivity contribution in [2.75, 3.05) is 37.7 Å². The van der Waals surface area contributed by atoms with E-state index in [2.05, 4.69) is 11.0 Å². The van der Waals surface area contributed by atoms with Crippen LogP contribution in [0.1, 0.15) is 31.2 Å². The fourth-order valence-corrected chi connectivity index (χ4v) is 3.56. The number of rotatable bonds is 3. The first-order valence-electron chi connectivity index (χ1n) is 7.58. The Morgan fingerprint density at radius 2 is 1.90 bits per heavy atom. The molecule has 1 heterocycles. The molecule has 0 unspecified atom stereocenters. The van der Waals surface area contributed by atoms with E-state index in [1.165, 1.54) is 12.8 Å². The Morgan fingerprint density at radius 3 is 2.50 bits per heavy atom. The highest BCUT2D eigenvalue weighted by Gasteiger charge is 2.34. The Morgan fingerprint density at radius 1 is 1.20 bits per heavy atom. The molecule has 110 valence electrons. The molecule has 0 aromatic heterocycles. The van der Waals surface area contributed by atoms with Gasteiger partial charge in [-0.1, -0.05) is 18.9 Å². The van der Waals surface area contributed by atoms with Crippen molar-refractivity contribution in [3.05, 3.63) is 29.6 Å². The molecule has 0 atom stereocenters. The van der Waals surface area contributed by atoms with Gasteiger partial charge in [0.05, 0.1) is 18.9 Å². The minimum Gasteiger partial charge on any atom is -0.378 e. The average molecular weight is 278 g/mol. The highest BCUT2D eigenvalue weighted by molar-refractivity contribution is 5.50. The fraction of sp³-hybridized carbons (Fsp3) is 0.625. The van der Waals surface area contributed by atoms with E-state index in [1.807, 2.05) is 6.07 Å². The molecule has 1 saturated heterocycles. The zero-order chi connectivity index (χ0) is 14.0. The summed E-state index contributed by atoms with van der Waals surface area (Å²) in [5.74, 6) is -0.121. The third-order valence-corrected chi connectivity index (χ3v) is 4.86. The largest absolute Gasteiger partial charge is 0.378 e. The molecule has 2 N–H and O–H groups in total. The van der Waals surface area contributed by atoms with E-state index in [0.29, 0.717) is 25.4 Å². The third kappa shape index (κ3) is 2.42. The van der Waals surface area contributed by atoms with Gasteiger partial charge in [-0.25, -0.2) is 4.39 Å². The van der Waals surface area contributed by atoms with Gasteiger partial charge in [0.15, 0.2) is 0 Å². The lowest BCUT2D eigenvalue weighted by Crippen LogP contribution is -2.37. The van der Waals surface area contributed by atoms with Crippen LogP contribution in [-0.2, 0) is 10.2 Å². The molecule has 0 amide bonds. The summed E-state index contributed by atoms with van der Waals surface area (Å²) in [5.41, 5.74) is 7.76. The third-order valence-electron chi connectivity index (χ3n) is 4.86. The van der Waals surface area contributed by atoms with Gasteiger partial charge >= 0.3 is 0 Å². The molecular weight excluding hydrogens is 255 g/mol. The quantitative estimate of drug-likeness (QED) is 0.923.